The van der Waals surface area contributed by atoms with Crippen LogP contribution in [0.15, 0.2) is 131 Å². The minimum Gasteiger partial charge on any atom is -0.434 e. The Morgan fingerprint density at radius 1 is 0.658 bits per heavy atom. The van der Waals surface area contributed by atoms with Crippen LogP contribution < -0.4 is 5.32 Å². The third kappa shape index (κ3) is 3.12. The fraction of sp³-hybridized carbons (Fsp3) is 0.0303. The number of nitrogens with one attached hydrogen (secondary N) is 1. The van der Waals surface area contributed by atoms with Crippen LogP contribution >= 0.6 is 0 Å². The van der Waals surface area contributed by atoms with Crippen LogP contribution in [-0.2, 0) is 0 Å². The second-order valence-corrected chi connectivity index (χ2v) is 9.49. The van der Waals surface area contributed by atoms with Gasteiger partial charge in [-0.3, -0.25) is 4.57 Å². The van der Waals surface area contributed by atoms with Crippen molar-refractivity contribution in [1.29, 1.82) is 0 Å². The van der Waals surface area contributed by atoms with Gasteiger partial charge in [0.25, 0.3) is 0 Å². The molecule has 0 spiro atoms. The Bertz CT molecular complexity index is 2000. The van der Waals surface area contributed by atoms with E-state index in [0.29, 0.717) is 5.89 Å². The van der Waals surface area contributed by atoms with E-state index in [9.17, 15) is 0 Å². The molecule has 2 aromatic heterocycles. The lowest BCUT2D eigenvalue weighted by atomic mass is 9.99. The SMILES string of the molecule is c1ccc(C2=NC(n3c4ccccc4c4ccc5nc(-c6ccccc6)oc5c43)Nc3ccccc32)cc1. The Morgan fingerprint density at radius 3 is 2.21 bits per heavy atom. The fourth-order valence-corrected chi connectivity index (χ4v) is 5.55. The van der Waals surface area contributed by atoms with Crippen LogP contribution in [-0.4, -0.2) is 15.3 Å². The molecule has 0 amide bonds. The Balaban J connectivity index is 1.43. The molecule has 0 saturated heterocycles. The lowest BCUT2D eigenvalue weighted by molar-refractivity contribution is 0.603. The first-order valence-corrected chi connectivity index (χ1v) is 12.7. The number of aliphatic imine (C=N–C) groups is 1. The van der Waals surface area contributed by atoms with Crippen molar-refractivity contribution in [2.45, 2.75) is 6.29 Å². The van der Waals surface area contributed by atoms with Crippen molar-refractivity contribution in [1.82, 2.24) is 9.55 Å². The van der Waals surface area contributed by atoms with Crippen molar-refractivity contribution in [2.24, 2.45) is 4.99 Å². The molecule has 1 unspecified atom stereocenters. The number of fused-ring (bicyclic) bond motifs is 6. The van der Waals surface area contributed by atoms with E-state index in [1.165, 1.54) is 0 Å². The first-order chi connectivity index (χ1) is 18.8. The highest BCUT2D eigenvalue weighted by Gasteiger charge is 2.27. The average molecular weight is 491 g/mol. The molecule has 0 bridgehead atoms. The van der Waals surface area contributed by atoms with Crippen LogP contribution in [0, 0.1) is 0 Å². The lowest BCUT2D eigenvalue weighted by Gasteiger charge is -2.28. The second kappa shape index (κ2) is 8.18. The Kier molecular flexibility index (Phi) is 4.52. The zero-order valence-electron chi connectivity index (χ0n) is 20.4. The minimum absolute atomic E-state index is 0.376. The highest BCUT2D eigenvalue weighted by molar-refractivity contribution is 6.18. The van der Waals surface area contributed by atoms with E-state index in [2.05, 4.69) is 88.7 Å². The molecule has 38 heavy (non-hydrogen) atoms. The maximum absolute atomic E-state index is 6.50. The van der Waals surface area contributed by atoms with E-state index in [1.807, 2.05) is 42.5 Å². The number of rotatable bonds is 3. The maximum atomic E-state index is 6.50. The summed E-state index contributed by atoms with van der Waals surface area (Å²) in [7, 11) is 0. The molecular formula is C33H22N4O. The number of nitrogens with zero attached hydrogens (tertiary/aromatic N) is 3. The number of hydrogen-bond acceptors (Lipinski definition) is 4. The summed E-state index contributed by atoms with van der Waals surface area (Å²) in [6, 6.07) is 41.4. The van der Waals surface area contributed by atoms with Crippen LogP contribution in [0.25, 0.3) is 44.4 Å². The van der Waals surface area contributed by atoms with E-state index in [-0.39, 0.29) is 6.29 Å². The molecule has 7 aromatic rings. The molecule has 1 N–H and O–H groups in total. The zero-order chi connectivity index (χ0) is 25.1. The number of para-hydroxylation sites is 2. The molecule has 180 valence electrons. The molecule has 3 heterocycles. The number of anilines is 1. The van der Waals surface area contributed by atoms with Crippen molar-refractivity contribution in [2.75, 3.05) is 5.32 Å². The van der Waals surface area contributed by atoms with Gasteiger partial charge in [-0.2, -0.15) is 0 Å². The smallest absolute Gasteiger partial charge is 0.227 e. The molecule has 0 fully saturated rings. The maximum Gasteiger partial charge on any atom is 0.227 e. The monoisotopic (exact) mass is 490 g/mol. The van der Waals surface area contributed by atoms with Gasteiger partial charge in [0, 0.05) is 33.2 Å². The summed E-state index contributed by atoms with van der Waals surface area (Å²) in [6.45, 7) is 0. The summed E-state index contributed by atoms with van der Waals surface area (Å²) in [4.78, 5) is 10.2. The molecule has 5 aromatic carbocycles. The normalized spacial score (nSPS) is 14.9. The molecular weight excluding hydrogens is 468 g/mol. The van der Waals surface area contributed by atoms with Gasteiger partial charge in [-0.1, -0.05) is 84.9 Å². The molecule has 0 saturated carbocycles. The predicted octanol–water partition coefficient (Wildman–Crippen LogP) is 8.02. The minimum atomic E-state index is -0.376. The molecule has 0 aliphatic carbocycles. The van der Waals surface area contributed by atoms with Gasteiger partial charge in [-0.15, -0.1) is 0 Å². The summed E-state index contributed by atoms with van der Waals surface area (Å²) in [5.74, 6) is 0.611. The van der Waals surface area contributed by atoms with Crippen molar-refractivity contribution in [3.8, 4) is 11.5 Å². The van der Waals surface area contributed by atoms with E-state index in [4.69, 9.17) is 14.4 Å². The molecule has 1 atom stereocenters. The predicted molar refractivity (Wildman–Crippen MR) is 154 cm³/mol. The molecule has 1 aliphatic rings. The highest BCUT2D eigenvalue weighted by atomic mass is 16.3. The Labute approximate surface area is 218 Å². The van der Waals surface area contributed by atoms with Gasteiger partial charge in [0.1, 0.15) is 5.52 Å². The van der Waals surface area contributed by atoms with Crippen molar-refractivity contribution in [3.05, 3.63) is 132 Å². The van der Waals surface area contributed by atoms with Gasteiger partial charge in [-0.05, 0) is 36.4 Å². The lowest BCUT2D eigenvalue weighted by Crippen LogP contribution is -2.24. The number of oxazole rings is 1. The zero-order valence-corrected chi connectivity index (χ0v) is 20.4. The van der Waals surface area contributed by atoms with E-state index < -0.39 is 0 Å². The number of aromatic nitrogens is 2. The quantitative estimate of drug-likeness (QED) is 0.273. The van der Waals surface area contributed by atoms with Gasteiger partial charge in [0.15, 0.2) is 5.58 Å². The van der Waals surface area contributed by atoms with Crippen LogP contribution in [0.1, 0.15) is 17.4 Å². The average Bonchev–Trinajstić information content (AvgIpc) is 3.57. The summed E-state index contributed by atoms with van der Waals surface area (Å²) in [5.41, 5.74) is 8.78. The largest absolute Gasteiger partial charge is 0.434 e. The van der Waals surface area contributed by atoms with Crippen molar-refractivity contribution < 1.29 is 4.42 Å². The highest BCUT2D eigenvalue weighted by Crippen LogP contribution is 2.40. The summed E-state index contributed by atoms with van der Waals surface area (Å²) >= 11 is 0. The summed E-state index contributed by atoms with van der Waals surface area (Å²) in [5, 5.41) is 5.96. The third-order valence-electron chi connectivity index (χ3n) is 7.26. The van der Waals surface area contributed by atoms with Crippen molar-refractivity contribution in [3.63, 3.8) is 0 Å². The van der Waals surface area contributed by atoms with Crippen LogP contribution in [0.5, 0.6) is 0 Å². The standard InChI is InChI=1S/C33H22N4O/c1-3-11-21(12-4-1)29-25-16-7-9-17-26(25)35-33(36-29)37-28-18-10-8-15-23(28)24-19-20-27-31(30(24)37)38-32(34-27)22-13-5-2-6-14-22/h1-20,33,35H. The topological polar surface area (TPSA) is 55.4 Å². The van der Waals surface area contributed by atoms with Crippen LogP contribution in [0.4, 0.5) is 5.69 Å². The number of hydrogen-bond donors (Lipinski definition) is 1. The first kappa shape index (κ1) is 21.0. The van der Waals surface area contributed by atoms with Crippen LogP contribution in [0.3, 0.4) is 0 Å². The number of benzene rings is 5. The van der Waals surface area contributed by atoms with E-state index in [0.717, 1.165) is 61.0 Å². The second-order valence-electron chi connectivity index (χ2n) is 9.49. The van der Waals surface area contributed by atoms with Gasteiger partial charge >= 0.3 is 0 Å². The Hall–Kier alpha value is -5.16. The molecule has 5 nitrogen and oxygen atoms in total. The molecule has 1 aliphatic heterocycles. The fourth-order valence-electron chi connectivity index (χ4n) is 5.55. The van der Waals surface area contributed by atoms with Gasteiger partial charge in [0.2, 0.25) is 12.2 Å². The van der Waals surface area contributed by atoms with Crippen LogP contribution in [0.2, 0.25) is 0 Å². The van der Waals surface area contributed by atoms with Gasteiger partial charge in [-0.25, -0.2) is 9.98 Å². The van der Waals surface area contributed by atoms with Crippen molar-refractivity contribution >= 4 is 44.3 Å². The Morgan fingerprint density at radius 2 is 1.37 bits per heavy atom. The summed E-state index contributed by atoms with van der Waals surface area (Å²) in [6.07, 6.45) is -0.376. The molecule has 0 radical (unpaired) electrons. The van der Waals surface area contributed by atoms with Gasteiger partial charge in [0.05, 0.1) is 16.7 Å². The van der Waals surface area contributed by atoms with Gasteiger partial charge < -0.3 is 9.73 Å². The first-order valence-electron chi connectivity index (χ1n) is 12.7. The molecule has 5 heteroatoms. The molecule has 8 rings (SSSR count). The van der Waals surface area contributed by atoms with E-state index >= 15 is 0 Å². The summed E-state index contributed by atoms with van der Waals surface area (Å²) < 4.78 is 8.76. The third-order valence-corrected chi connectivity index (χ3v) is 7.26. The van der Waals surface area contributed by atoms with E-state index in [1.54, 1.807) is 0 Å².